The molecule has 17 heavy (non-hydrogen) atoms. The van der Waals surface area contributed by atoms with Gasteiger partial charge in [-0.2, -0.15) is 0 Å². The molecule has 0 bridgehead atoms. The van der Waals surface area contributed by atoms with E-state index >= 15 is 0 Å². The summed E-state index contributed by atoms with van der Waals surface area (Å²) >= 11 is 3.27. The van der Waals surface area contributed by atoms with E-state index in [1.807, 2.05) is 6.92 Å². The summed E-state index contributed by atoms with van der Waals surface area (Å²) in [5.74, 6) is -0.0712. The van der Waals surface area contributed by atoms with Crippen LogP contribution in [0.25, 0.3) is 0 Å². The standard InChI is InChI=1S/C10H13BrN4O2/c1-2-13-10(16)14-8-4-3-6(11)5-7(8)9(12)15-17/h3-5,17H,2H2,1H3,(H2,12,15)(H2,13,14,16). The Hall–Kier alpha value is -1.76. The molecule has 92 valence electrons. The zero-order valence-electron chi connectivity index (χ0n) is 9.20. The normalized spacial score (nSPS) is 11.1. The maximum atomic E-state index is 11.4. The number of amides is 2. The number of nitrogens with one attached hydrogen (secondary N) is 2. The van der Waals surface area contributed by atoms with E-state index in [9.17, 15) is 4.79 Å². The molecule has 7 heteroatoms. The zero-order valence-corrected chi connectivity index (χ0v) is 10.8. The summed E-state index contributed by atoms with van der Waals surface area (Å²) < 4.78 is 0.764. The molecular formula is C10H13BrN4O2. The van der Waals surface area contributed by atoms with Crippen LogP contribution in [0.5, 0.6) is 0 Å². The molecular weight excluding hydrogens is 288 g/mol. The summed E-state index contributed by atoms with van der Waals surface area (Å²) in [6.07, 6.45) is 0. The van der Waals surface area contributed by atoms with Crippen LogP contribution in [-0.4, -0.2) is 23.6 Å². The Morgan fingerprint density at radius 2 is 2.29 bits per heavy atom. The first-order valence-electron chi connectivity index (χ1n) is 4.90. The highest BCUT2D eigenvalue weighted by atomic mass is 79.9. The van der Waals surface area contributed by atoms with E-state index in [2.05, 4.69) is 31.7 Å². The first-order chi connectivity index (χ1) is 8.08. The average Bonchev–Trinajstić information content (AvgIpc) is 2.30. The quantitative estimate of drug-likeness (QED) is 0.296. The molecule has 0 unspecified atom stereocenters. The molecule has 0 spiro atoms. The minimum atomic E-state index is -0.346. The third-order valence-corrected chi connectivity index (χ3v) is 2.44. The van der Waals surface area contributed by atoms with Gasteiger partial charge in [0.25, 0.3) is 0 Å². The highest BCUT2D eigenvalue weighted by Gasteiger charge is 2.10. The Kier molecular flexibility index (Phi) is 4.77. The molecule has 2 amide bonds. The number of carbonyl (C=O) groups excluding carboxylic acids is 1. The molecule has 0 heterocycles. The number of carbonyl (C=O) groups is 1. The monoisotopic (exact) mass is 300 g/mol. The number of nitrogens with zero attached hydrogens (tertiary/aromatic N) is 1. The summed E-state index contributed by atoms with van der Waals surface area (Å²) in [6, 6.07) is 4.71. The summed E-state index contributed by atoms with van der Waals surface area (Å²) in [4.78, 5) is 11.4. The van der Waals surface area contributed by atoms with Crippen molar-refractivity contribution in [2.24, 2.45) is 10.9 Å². The van der Waals surface area contributed by atoms with Gasteiger partial charge in [-0.05, 0) is 25.1 Å². The Balaban J connectivity index is 3.02. The second-order valence-electron chi connectivity index (χ2n) is 3.16. The van der Waals surface area contributed by atoms with Gasteiger partial charge in [0.05, 0.1) is 5.69 Å². The van der Waals surface area contributed by atoms with Crippen LogP contribution in [0.3, 0.4) is 0 Å². The SMILES string of the molecule is CCNC(=O)Nc1ccc(Br)cc1/C(N)=N/O. The molecule has 0 aromatic heterocycles. The van der Waals surface area contributed by atoms with Gasteiger partial charge < -0.3 is 21.6 Å². The van der Waals surface area contributed by atoms with Crippen molar-refractivity contribution in [2.75, 3.05) is 11.9 Å². The van der Waals surface area contributed by atoms with E-state index in [0.717, 1.165) is 4.47 Å². The van der Waals surface area contributed by atoms with Crippen molar-refractivity contribution in [3.8, 4) is 0 Å². The van der Waals surface area contributed by atoms with Gasteiger partial charge in [0.15, 0.2) is 5.84 Å². The van der Waals surface area contributed by atoms with Crippen LogP contribution in [0, 0.1) is 0 Å². The number of anilines is 1. The number of amidine groups is 1. The van der Waals surface area contributed by atoms with Crippen LogP contribution in [0.1, 0.15) is 12.5 Å². The van der Waals surface area contributed by atoms with Gasteiger partial charge in [-0.15, -0.1) is 0 Å². The number of rotatable bonds is 3. The van der Waals surface area contributed by atoms with Crippen molar-refractivity contribution < 1.29 is 10.0 Å². The fraction of sp³-hybridized carbons (Fsp3) is 0.200. The predicted molar refractivity (Wildman–Crippen MR) is 69.3 cm³/mol. The fourth-order valence-electron chi connectivity index (χ4n) is 1.22. The smallest absolute Gasteiger partial charge is 0.319 e. The molecule has 0 radical (unpaired) electrons. The lowest BCUT2D eigenvalue weighted by Gasteiger charge is -2.10. The second kappa shape index (κ2) is 6.09. The number of urea groups is 1. The number of oxime groups is 1. The Morgan fingerprint density at radius 1 is 1.59 bits per heavy atom. The van der Waals surface area contributed by atoms with E-state index in [-0.39, 0.29) is 11.9 Å². The van der Waals surface area contributed by atoms with Crippen molar-refractivity contribution in [2.45, 2.75) is 6.92 Å². The van der Waals surface area contributed by atoms with Crippen molar-refractivity contribution in [1.29, 1.82) is 0 Å². The molecule has 0 fully saturated rings. The van der Waals surface area contributed by atoms with Crippen molar-refractivity contribution in [3.63, 3.8) is 0 Å². The Labute approximate surface area is 107 Å². The Morgan fingerprint density at radius 3 is 2.88 bits per heavy atom. The number of hydrogen-bond donors (Lipinski definition) is 4. The molecule has 0 aliphatic heterocycles. The second-order valence-corrected chi connectivity index (χ2v) is 4.08. The van der Waals surface area contributed by atoms with Crippen LogP contribution >= 0.6 is 15.9 Å². The van der Waals surface area contributed by atoms with Gasteiger partial charge in [0, 0.05) is 16.6 Å². The molecule has 0 atom stereocenters. The first kappa shape index (κ1) is 13.3. The first-order valence-corrected chi connectivity index (χ1v) is 5.70. The molecule has 5 N–H and O–H groups in total. The van der Waals surface area contributed by atoms with Crippen LogP contribution in [0.15, 0.2) is 27.8 Å². The number of nitrogens with two attached hydrogens (primary N) is 1. The highest BCUT2D eigenvalue weighted by molar-refractivity contribution is 9.10. The van der Waals surface area contributed by atoms with Crippen molar-refractivity contribution >= 4 is 33.5 Å². The largest absolute Gasteiger partial charge is 0.409 e. The van der Waals surface area contributed by atoms with E-state index in [0.29, 0.717) is 17.8 Å². The minimum Gasteiger partial charge on any atom is -0.409 e. The van der Waals surface area contributed by atoms with Gasteiger partial charge in [-0.25, -0.2) is 4.79 Å². The van der Waals surface area contributed by atoms with E-state index in [4.69, 9.17) is 10.9 Å². The highest BCUT2D eigenvalue weighted by Crippen LogP contribution is 2.20. The van der Waals surface area contributed by atoms with Gasteiger partial charge >= 0.3 is 6.03 Å². The van der Waals surface area contributed by atoms with Crippen molar-refractivity contribution in [1.82, 2.24) is 5.32 Å². The maximum absolute atomic E-state index is 11.4. The molecule has 0 saturated heterocycles. The van der Waals surface area contributed by atoms with Crippen LogP contribution in [-0.2, 0) is 0 Å². The van der Waals surface area contributed by atoms with Crippen molar-refractivity contribution in [3.05, 3.63) is 28.2 Å². The predicted octanol–water partition coefficient (Wildman–Crippen LogP) is 1.69. The summed E-state index contributed by atoms with van der Waals surface area (Å²) in [7, 11) is 0. The molecule has 0 saturated carbocycles. The topological polar surface area (TPSA) is 99.7 Å². The third kappa shape index (κ3) is 3.63. The van der Waals surface area contributed by atoms with Crippen LogP contribution in [0.2, 0.25) is 0 Å². The minimum absolute atomic E-state index is 0.0712. The van der Waals surface area contributed by atoms with E-state index in [1.54, 1.807) is 18.2 Å². The molecule has 0 aliphatic rings. The molecule has 1 aromatic carbocycles. The molecule has 1 rings (SSSR count). The molecule has 0 aliphatic carbocycles. The average molecular weight is 301 g/mol. The summed E-state index contributed by atoms with van der Waals surface area (Å²) in [6.45, 7) is 2.33. The lowest BCUT2D eigenvalue weighted by atomic mass is 10.1. The summed E-state index contributed by atoms with van der Waals surface area (Å²) in [5, 5.41) is 16.8. The van der Waals surface area contributed by atoms with Gasteiger partial charge in [-0.1, -0.05) is 21.1 Å². The maximum Gasteiger partial charge on any atom is 0.319 e. The molecule has 6 nitrogen and oxygen atoms in total. The number of halogens is 1. The van der Waals surface area contributed by atoms with E-state index < -0.39 is 0 Å². The lowest BCUT2D eigenvalue weighted by Crippen LogP contribution is -2.29. The summed E-state index contributed by atoms with van der Waals surface area (Å²) in [5.41, 5.74) is 6.43. The van der Waals surface area contributed by atoms with Gasteiger partial charge in [0.2, 0.25) is 0 Å². The van der Waals surface area contributed by atoms with Crippen LogP contribution in [0.4, 0.5) is 10.5 Å². The fourth-order valence-corrected chi connectivity index (χ4v) is 1.58. The third-order valence-electron chi connectivity index (χ3n) is 1.95. The zero-order chi connectivity index (χ0) is 12.8. The van der Waals surface area contributed by atoms with E-state index in [1.165, 1.54) is 0 Å². The number of hydrogen-bond acceptors (Lipinski definition) is 3. The van der Waals surface area contributed by atoms with Crippen LogP contribution < -0.4 is 16.4 Å². The molecule has 1 aromatic rings. The lowest BCUT2D eigenvalue weighted by molar-refractivity contribution is 0.252. The number of benzene rings is 1. The Bertz CT molecular complexity index is 448. The van der Waals surface area contributed by atoms with Gasteiger partial charge in [-0.3, -0.25) is 0 Å². The van der Waals surface area contributed by atoms with Gasteiger partial charge in [0.1, 0.15) is 0 Å².